The van der Waals surface area contributed by atoms with E-state index in [1.807, 2.05) is 57.2 Å². The molecule has 136 valence electrons. The first kappa shape index (κ1) is 19.9. The number of anilines is 1. The Balaban J connectivity index is 1.96. The molecule has 2 amide bonds. The van der Waals surface area contributed by atoms with Crippen LogP contribution in [0.25, 0.3) is 6.08 Å². The monoisotopic (exact) mass is 414 g/mol. The fraction of sp³-hybridized carbons (Fsp3) is 0.238. The Morgan fingerprint density at radius 2 is 1.65 bits per heavy atom. The van der Waals surface area contributed by atoms with Crippen LogP contribution in [0.3, 0.4) is 0 Å². The lowest BCUT2D eigenvalue weighted by Crippen LogP contribution is -2.34. The van der Waals surface area contributed by atoms with Crippen LogP contribution in [-0.2, 0) is 9.59 Å². The van der Waals surface area contributed by atoms with E-state index in [-0.39, 0.29) is 18.4 Å². The number of halogens is 1. The third-order valence-electron chi connectivity index (χ3n) is 3.99. The molecule has 0 unspecified atom stereocenters. The van der Waals surface area contributed by atoms with Crippen LogP contribution in [0, 0.1) is 20.8 Å². The molecular formula is C21H23BrN2O2. The third kappa shape index (κ3) is 5.56. The molecule has 2 rings (SSSR count). The Morgan fingerprint density at radius 1 is 1.08 bits per heavy atom. The van der Waals surface area contributed by atoms with Gasteiger partial charge in [0, 0.05) is 23.3 Å². The Morgan fingerprint density at radius 3 is 2.23 bits per heavy atom. The van der Waals surface area contributed by atoms with Crippen molar-refractivity contribution in [3.05, 3.63) is 69.2 Å². The van der Waals surface area contributed by atoms with Gasteiger partial charge < -0.3 is 10.2 Å². The predicted molar refractivity (Wildman–Crippen MR) is 110 cm³/mol. The second kappa shape index (κ2) is 8.81. The van der Waals surface area contributed by atoms with Gasteiger partial charge in [-0.1, -0.05) is 45.8 Å². The van der Waals surface area contributed by atoms with Gasteiger partial charge in [-0.25, -0.2) is 0 Å². The molecular weight excluding hydrogens is 392 g/mol. The van der Waals surface area contributed by atoms with Gasteiger partial charge in [-0.05, 0) is 55.7 Å². The highest BCUT2D eigenvalue weighted by Crippen LogP contribution is 2.21. The number of nitrogens with zero attached hydrogens (tertiary/aromatic N) is 1. The van der Waals surface area contributed by atoms with Crippen LogP contribution in [0.1, 0.15) is 22.3 Å². The van der Waals surface area contributed by atoms with Gasteiger partial charge >= 0.3 is 0 Å². The molecule has 0 radical (unpaired) electrons. The summed E-state index contributed by atoms with van der Waals surface area (Å²) < 4.78 is 0.983. The SMILES string of the molecule is Cc1cc(C)c(NC(=O)CN(C)C(=O)/C=C/c2ccc(Br)cc2)c(C)c1. The van der Waals surface area contributed by atoms with Crippen molar-refractivity contribution in [1.82, 2.24) is 4.90 Å². The first-order chi connectivity index (χ1) is 12.3. The summed E-state index contributed by atoms with van der Waals surface area (Å²) >= 11 is 3.37. The molecule has 0 aliphatic heterocycles. The number of nitrogens with one attached hydrogen (secondary N) is 1. The van der Waals surface area contributed by atoms with Crippen LogP contribution >= 0.6 is 15.9 Å². The van der Waals surface area contributed by atoms with Gasteiger partial charge in [0.2, 0.25) is 11.8 Å². The summed E-state index contributed by atoms with van der Waals surface area (Å²) in [6.07, 6.45) is 3.20. The van der Waals surface area contributed by atoms with Crippen molar-refractivity contribution >= 4 is 39.5 Å². The van der Waals surface area contributed by atoms with E-state index in [9.17, 15) is 9.59 Å². The number of rotatable bonds is 5. The average molecular weight is 415 g/mol. The van der Waals surface area contributed by atoms with Crippen molar-refractivity contribution in [2.45, 2.75) is 20.8 Å². The van der Waals surface area contributed by atoms with Gasteiger partial charge in [0.25, 0.3) is 0 Å². The fourth-order valence-electron chi connectivity index (χ4n) is 2.72. The molecule has 0 spiro atoms. The summed E-state index contributed by atoms with van der Waals surface area (Å²) in [6.45, 7) is 5.95. The molecule has 0 aromatic heterocycles. The highest BCUT2D eigenvalue weighted by Gasteiger charge is 2.13. The second-order valence-electron chi connectivity index (χ2n) is 6.40. The second-order valence-corrected chi connectivity index (χ2v) is 7.32. The Kier molecular flexibility index (Phi) is 6.75. The standard InChI is InChI=1S/C21H23BrN2O2/c1-14-11-15(2)21(16(3)12-14)23-19(25)13-24(4)20(26)10-7-17-5-8-18(22)9-6-17/h5-12H,13H2,1-4H3,(H,23,25)/b10-7+. The zero-order valence-corrected chi connectivity index (χ0v) is 17.1. The molecule has 0 saturated heterocycles. The lowest BCUT2D eigenvalue weighted by Gasteiger charge is -2.17. The zero-order valence-electron chi connectivity index (χ0n) is 15.5. The minimum atomic E-state index is -0.222. The number of hydrogen-bond donors (Lipinski definition) is 1. The number of aryl methyl sites for hydroxylation is 3. The van der Waals surface area contributed by atoms with Crippen molar-refractivity contribution in [3.63, 3.8) is 0 Å². The molecule has 0 atom stereocenters. The maximum atomic E-state index is 12.3. The fourth-order valence-corrected chi connectivity index (χ4v) is 2.98. The number of amides is 2. The summed E-state index contributed by atoms with van der Waals surface area (Å²) in [5, 5.41) is 2.91. The third-order valence-corrected chi connectivity index (χ3v) is 4.52. The highest BCUT2D eigenvalue weighted by atomic mass is 79.9. The van der Waals surface area contributed by atoms with E-state index in [1.54, 1.807) is 13.1 Å². The molecule has 0 aliphatic rings. The smallest absolute Gasteiger partial charge is 0.246 e. The molecule has 0 heterocycles. The van der Waals surface area contributed by atoms with Crippen LogP contribution in [-0.4, -0.2) is 30.3 Å². The Hall–Kier alpha value is -2.40. The van der Waals surface area contributed by atoms with E-state index in [0.29, 0.717) is 0 Å². The molecule has 26 heavy (non-hydrogen) atoms. The predicted octanol–water partition coefficient (Wildman–Crippen LogP) is 4.48. The molecule has 1 N–H and O–H groups in total. The van der Waals surface area contributed by atoms with Crippen LogP contribution in [0.5, 0.6) is 0 Å². The van der Waals surface area contributed by atoms with E-state index in [1.165, 1.54) is 11.0 Å². The Bertz CT molecular complexity index is 819. The van der Waals surface area contributed by atoms with Crippen molar-refractivity contribution in [3.8, 4) is 0 Å². The van der Waals surface area contributed by atoms with Crippen LogP contribution < -0.4 is 5.32 Å². The van der Waals surface area contributed by atoms with Gasteiger partial charge in [0.1, 0.15) is 0 Å². The molecule has 0 bridgehead atoms. The number of benzene rings is 2. The summed E-state index contributed by atoms with van der Waals surface area (Å²) in [7, 11) is 1.61. The van der Waals surface area contributed by atoms with Gasteiger partial charge in [-0.2, -0.15) is 0 Å². The molecule has 0 aliphatic carbocycles. The first-order valence-corrected chi connectivity index (χ1v) is 9.12. The van der Waals surface area contributed by atoms with Gasteiger partial charge in [-0.3, -0.25) is 9.59 Å². The van der Waals surface area contributed by atoms with E-state index in [4.69, 9.17) is 0 Å². The summed E-state index contributed by atoms with van der Waals surface area (Å²) in [4.78, 5) is 25.9. The van der Waals surface area contributed by atoms with Crippen molar-refractivity contribution < 1.29 is 9.59 Å². The van der Waals surface area contributed by atoms with E-state index in [0.717, 1.165) is 32.4 Å². The zero-order chi connectivity index (χ0) is 19.3. The minimum Gasteiger partial charge on any atom is -0.333 e. The van der Waals surface area contributed by atoms with Crippen LogP contribution in [0.15, 0.2) is 46.9 Å². The minimum absolute atomic E-state index is 0.00370. The van der Waals surface area contributed by atoms with Gasteiger partial charge in [0.05, 0.1) is 6.54 Å². The lowest BCUT2D eigenvalue weighted by molar-refractivity contribution is -0.129. The summed E-state index contributed by atoms with van der Waals surface area (Å²) in [5.41, 5.74) is 4.92. The number of hydrogen-bond acceptors (Lipinski definition) is 2. The molecule has 0 fully saturated rings. The molecule has 5 heteroatoms. The quantitative estimate of drug-likeness (QED) is 0.732. The van der Waals surface area contributed by atoms with Gasteiger partial charge in [-0.15, -0.1) is 0 Å². The number of carbonyl (C=O) groups is 2. The van der Waals surface area contributed by atoms with Crippen LogP contribution in [0.2, 0.25) is 0 Å². The topological polar surface area (TPSA) is 49.4 Å². The maximum absolute atomic E-state index is 12.3. The van der Waals surface area contributed by atoms with Crippen LogP contribution in [0.4, 0.5) is 5.69 Å². The average Bonchev–Trinajstić information content (AvgIpc) is 2.57. The molecule has 4 nitrogen and oxygen atoms in total. The number of carbonyl (C=O) groups excluding carboxylic acids is 2. The van der Waals surface area contributed by atoms with E-state index < -0.39 is 0 Å². The van der Waals surface area contributed by atoms with Crippen molar-refractivity contribution in [1.29, 1.82) is 0 Å². The highest BCUT2D eigenvalue weighted by molar-refractivity contribution is 9.10. The Labute approximate surface area is 163 Å². The van der Waals surface area contributed by atoms with Crippen molar-refractivity contribution in [2.75, 3.05) is 18.9 Å². The molecule has 2 aromatic carbocycles. The lowest BCUT2D eigenvalue weighted by atomic mass is 10.1. The largest absolute Gasteiger partial charge is 0.333 e. The number of likely N-dealkylation sites (N-methyl/N-ethyl adjacent to an activating group) is 1. The maximum Gasteiger partial charge on any atom is 0.246 e. The summed E-state index contributed by atoms with van der Waals surface area (Å²) in [5.74, 6) is -0.437. The normalized spacial score (nSPS) is 10.8. The van der Waals surface area contributed by atoms with Gasteiger partial charge in [0.15, 0.2) is 0 Å². The first-order valence-electron chi connectivity index (χ1n) is 8.32. The van der Waals surface area contributed by atoms with E-state index >= 15 is 0 Å². The van der Waals surface area contributed by atoms with E-state index in [2.05, 4.69) is 21.2 Å². The summed E-state index contributed by atoms with van der Waals surface area (Å²) in [6, 6.07) is 11.7. The molecule has 0 saturated carbocycles. The van der Waals surface area contributed by atoms with Crippen molar-refractivity contribution in [2.24, 2.45) is 0 Å². The molecule has 2 aromatic rings.